The van der Waals surface area contributed by atoms with Crippen LogP contribution in [0.25, 0.3) is 0 Å². The maximum Gasteiger partial charge on any atom is 0.264 e. The number of benzene rings is 2. The summed E-state index contributed by atoms with van der Waals surface area (Å²) in [5, 5.41) is 0. The predicted molar refractivity (Wildman–Crippen MR) is 76.7 cm³/mol. The number of hydrogen-bond donors (Lipinski definition) is 1. The first-order valence-corrected chi connectivity index (χ1v) is 7.56. The van der Waals surface area contributed by atoms with Gasteiger partial charge in [-0.25, -0.2) is 17.2 Å². The standard InChI is InChI=1S/C14H13F2NO4S/c1-20-12-5-3-4-11(14(12)21-2)17-22(18,19)13-7-6-9(15)8-10(13)16/h3-8,17H,1-2H3. The van der Waals surface area contributed by atoms with Crippen LogP contribution in [0.1, 0.15) is 0 Å². The van der Waals surface area contributed by atoms with Gasteiger partial charge in [0.25, 0.3) is 10.0 Å². The zero-order valence-corrected chi connectivity index (χ0v) is 12.6. The molecular formula is C14H13F2NO4S. The van der Waals surface area contributed by atoms with Gasteiger partial charge in [0.2, 0.25) is 0 Å². The Bertz CT molecular complexity index is 793. The van der Waals surface area contributed by atoms with Crippen molar-refractivity contribution in [2.24, 2.45) is 0 Å². The van der Waals surface area contributed by atoms with E-state index in [4.69, 9.17) is 9.47 Å². The van der Waals surface area contributed by atoms with E-state index in [1.807, 2.05) is 0 Å². The van der Waals surface area contributed by atoms with Crippen molar-refractivity contribution in [1.29, 1.82) is 0 Å². The van der Waals surface area contributed by atoms with Crippen molar-refractivity contribution >= 4 is 15.7 Å². The lowest BCUT2D eigenvalue weighted by atomic mass is 10.3. The Morgan fingerprint density at radius 1 is 1.05 bits per heavy atom. The lowest BCUT2D eigenvalue weighted by molar-refractivity contribution is 0.356. The number of anilines is 1. The fourth-order valence-corrected chi connectivity index (χ4v) is 2.98. The molecule has 0 aliphatic carbocycles. The van der Waals surface area contributed by atoms with Crippen LogP contribution in [0.3, 0.4) is 0 Å². The van der Waals surface area contributed by atoms with Gasteiger partial charge in [-0.05, 0) is 24.3 Å². The third-order valence-electron chi connectivity index (χ3n) is 2.83. The van der Waals surface area contributed by atoms with Crippen molar-refractivity contribution in [2.75, 3.05) is 18.9 Å². The van der Waals surface area contributed by atoms with Crippen LogP contribution in [-0.4, -0.2) is 22.6 Å². The molecule has 0 heterocycles. The van der Waals surface area contributed by atoms with Crippen molar-refractivity contribution in [1.82, 2.24) is 0 Å². The summed E-state index contributed by atoms with van der Waals surface area (Å²) in [5.41, 5.74) is 0.0746. The fourth-order valence-electron chi connectivity index (χ4n) is 1.86. The molecule has 0 saturated carbocycles. The number of methoxy groups -OCH3 is 2. The van der Waals surface area contributed by atoms with Crippen LogP contribution in [-0.2, 0) is 10.0 Å². The Kier molecular flexibility index (Phi) is 4.51. The number of hydrogen-bond acceptors (Lipinski definition) is 4. The van der Waals surface area contributed by atoms with Gasteiger partial charge in [0.1, 0.15) is 16.5 Å². The molecule has 0 aromatic heterocycles. The quantitative estimate of drug-likeness (QED) is 0.916. The molecule has 1 N–H and O–H groups in total. The minimum absolute atomic E-state index is 0.0746. The lowest BCUT2D eigenvalue weighted by Crippen LogP contribution is -2.15. The first kappa shape index (κ1) is 16.0. The minimum atomic E-state index is -4.25. The Morgan fingerprint density at radius 3 is 2.36 bits per heavy atom. The Hall–Kier alpha value is -2.35. The first-order chi connectivity index (χ1) is 10.4. The molecule has 0 radical (unpaired) electrons. The summed E-state index contributed by atoms with van der Waals surface area (Å²) in [5.74, 6) is -1.59. The van der Waals surface area contributed by atoms with Crippen LogP contribution < -0.4 is 14.2 Å². The van der Waals surface area contributed by atoms with Gasteiger partial charge in [0.15, 0.2) is 11.5 Å². The zero-order valence-electron chi connectivity index (χ0n) is 11.8. The topological polar surface area (TPSA) is 64.6 Å². The number of rotatable bonds is 5. The second kappa shape index (κ2) is 6.18. The van der Waals surface area contributed by atoms with Crippen LogP contribution in [0.4, 0.5) is 14.5 Å². The van der Waals surface area contributed by atoms with Crippen LogP contribution >= 0.6 is 0 Å². The molecule has 0 fully saturated rings. The summed E-state index contributed by atoms with van der Waals surface area (Å²) in [6, 6.07) is 6.76. The highest BCUT2D eigenvalue weighted by Gasteiger charge is 2.22. The van der Waals surface area contributed by atoms with E-state index in [2.05, 4.69) is 4.72 Å². The van der Waals surface area contributed by atoms with E-state index >= 15 is 0 Å². The molecule has 2 aromatic carbocycles. The average molecular weight is 329 g/mol. The van der Waals surface area contributed by atoms with Crippen molar-refractivity contribution in [3.05, 3.63) is 48.0 Å². The molecular weight excluding hydrogens is 316 g/mol. The zero-order chi connectivity index (χ0) is 16.3. The van der Waals surface area contributed by atoms with Gasteiger partial charge in [-0.2, -0.15) is 0 Å². The van der Waals surface area contributed by atoms with Gasteiger partial charge < -0.3 is 9.47 Å². The molecule has 118 valence electrons. The third kappa shape index (κ3) is 3.11. The van der Waals surface area contributed by atoms with Crippen LogP contribution in [0.15, 0.2) is 41.3 Å². The smallest absolute Gasteiger partial charge is 0.264 e. The lowest BCUT2D eigenvalue weighted by Gasteiger charge is -2.14. The van der Waals surface area contributed by atoms with Crippen LogP contribution in [0, 0.1) is 11.6 Å². The van der Waals surface area contributed by atoms with Gasteiger partial charge in [-0.3, -0.25) is 4.72 Å². The maximum atomic E-state index is 13.7. The summed E-state index contributed by atoms with van der Waals surface area (Å²) in [6.45, 7) is 0. The molecule has 8 heteroatoms. The number of ether oxygens (including phenoxy) is 2. The molecule has 0 amide bonds. The van der Waals surface area contributed by atoms with Gasteiger partial charge in [0, 0.05) is 6.07 Å². The first-order valence-electron chi connectivity index (χ1n) is 6.08. The highest BCUT2D eigenvalue weighted by Crippen LogP contribution is 2.36. The molecule has 0 bridgehead atoms. The summed E-state index contributed by atoms with van der Waals surface area (Å²) >= 11 is 0. The molecule has 2 rings (SSSR count). The largest absolute Gasteiger partial charge is 0.493 e. The highest BCUT2D eigenvalue weighted by molar-refractivity contribution is 7.92. The van der Waals surface area contributed by atoms with Crippen molar-refractivity contribution in [2.45, 2.75) is 4.90 Å². The Labute approximate surface area is 126 Å². The maximum absolute atomic E-state index is 13.7. The van der Waals surface area contributed by atoms with Gasteiger partial charge in [-0.15, -0.1) is 0 Å². The Morgan fingerprint density at radius 2 is 1.77 bits per heavy atom. The minimum Gasteiger partial charge on any atom is -0.493 e. The number of halogens is 2. The number of nitrogens with one attached hydrogen (secondary N) is 1. The molecule has 0 aliphatic rings. The Balaban J connectivity index is 2.45. The summed E-state index contributed by atoms with van der Waals surface area (Å²) in [7, 11) is -1.51. The summed E-state index contributed by atoms with van der Waals surface area (Å²) in [4.78, 5) is -0.668. The van der Waals surface area contributed by atoms with Crippen molar-refractivity contribution in [3.63, 3.8) is 0 Å². The van der Waals surface area contributed by atoms with Crippen LogP contribution in [0.2, 0.25) is 0 Å². The highest BCUT2D eigenvalue weighted by atomic mass is 32.2. The van der Waals surface area contributed by atoms with E-state index in [0.29, 0.717) is 11.8 Å². The van der Waals surface area contributed by atoms with Crippen molar-refractivity contribution < 1.29 is 26.7 Å². The summed E-state index contributed by atoms with van der Waals surface area (Å²) in [6.07, 6.45) is 0. The second-order valence-electron chi connectivity index (χ2n) is 4.22. The summed E-state index contributed by atoms with van der Waals surface area (Å²) < 4.78 is 63.4. The third-order valence-corrected chi connectivity index (χ3v) is 4.23. The molecule has 22 heavy (non-hydrogen) atoms. The normalized spacial score (nSPS) is 11.1. The molecule has 0 saturated heterocycles. The molecule has 0 atom stereocenters. The predicted octanol–water partition coefficient (Wildman–Crippen LogP) is 2.78. The molecule has 0 aliphatic heterocycles. The van der Waals surface area contributed by atoms with Gasteiger partial charge >= 0.3 is 0 Å². The molecule has 5 nitrogen and oxygen atoms in total. The van der Waals surface area contributed by atoms with E-state index in [-0.39, 0.29) is 11.4 Å². The van der Waals surface area contributed by atoms with Gasteiger partial charge in [0.05, 0.1) is 19.9 Å². The number of para-hydroxylation sites is 1. The van der Waals surface area contributed by atoms with Crippen molar-refractivity contribution in [3.8, 4) is 11.5 Å². The van der Waals surface area contributed by atoms with E-state index in [0.717, 1.165) is 12.1 Å². The van der Waals surface area contributed by atoms with E-state index in [9.17, 15) is 17.2 Å². The van der Waals surface area contributed by atoms with Crippen LogP contribution in [0.5, 0.6) is 11.5 Å². The van der Waals surface area contributed by atoms with E-state index in [1.54, 1.807) is 12.1 Å². The molecule has 0 unspecified atom stereocenters. The SMILES string of the molecule is COc1cccc(NS(=O)(=O)c2ccc(F)cc2F)c1OC. The van der Waals surface area contributed by atoms with Gasteiger partial charge in [-0.1, -0.05) is 6.07 Å². The molecule has 2 aromatic rings. The fraction of sp³-hybridized carbons (Fsp3) is 0.143. The molecule has 0 spiro atoms. The monoisotopic (exact) mass is 329 g/mol. The number of sulfonamides is 1. The second-order valence-corrected chi connectivity index (χ2v) is 5.87. The van der Waals surface area contributed by atoms with E-state index < -0.39 is 26.6 Å². The average Bonchev–Trinajstić information content (AvgIpc) is 2.46. The van der Waals surface area contributed by atoms with E-state index in [1.165, 1.54) is 20.3 Å².